The lowest BCUT2D eigenvalue weighted by molar-refractivity contribution is 0.104. The van der Waals surface area contributed by atoms with Gasteiger partial charge in [-0.15, -0.1) is 0 Å². The molecule has 20 heavy (non-hydrogen) atoms. The molecule has 3 nitrogen and oxygen atoms in total. The SMILES string of the molecule is COc1ccc2c(c1)c1c(n2C)-c2ccccc2C1=O. The van der Waals surface area contributed by atoms with Gasteiger partial charge < -0.3 is 9.30 Å². The Morgan fingerprint density at radius 1 is 1.05 bits per heavy atom. The first-order valence-corrected chi connectivity index (χ1v) is 6.53. The van der Waals surface area contributed by atoms with Crippen LogP contribution in [0, 0.1) is 0 Å². The Morgan fingerprint density at radius 2 is 1.80 bits per heavy atom. The molecule has 1 aliphatic rings. The van der Waals surface area contributed by atoms with E-state index in [2.05, 4.69) is 4.57 Å². The van der Waals surface area contributed by atoms with Crippen LogP contribution in [0.5, 0.6) is 5.75 Å². The lowest BCUT2D eigenvalue weighted by Gasteiger charge is -2.05. The molecule has 3 heteroatoms. The summed E-state index contributed by atoms with van der Waals surface area (Å²) in [5.41, 5.74) is 4.66. The Balaban J connectivity index is 2.16. The van der Waals surface area contributed by atoms with Gasteiger partial charge in [0.1, 0.15) is 5.75 Å². The summed E-state index contributed by atoms with van der Waals surface area (Å²) in [5, 5.41) is 0.961. The van der Waals surface area contributed by atoms with E-state index in [1.54, 1.807) is 7.11 Å². The highest BCUT2D eigenvalue weighted by molar-refractivity contribution is 6.27. The number of nitrogens with zero attached hydrogens (tertiary/aromatic N) is 1. The molecule has 0 amide bonds. The third-order valence-corrected chi connectivity index (χ3v) is 4.06. The van der Waals surface area contributed by atoms with Gasteiger partial charge in [-0.05, 0) is 18.2 Å². The third kappa shape index (κ3) is 1.22. The van der Waals surface area contributed by atoms with Gasteiger partial charge >= 0.3 is 0 Å². The Labute approximate surface area is 116 Å². The highest BCUT2D eigenvalue weighted by Gasteiger charge is 2.32. The highest BCUT2D eigenvalue weighted by atomic mass is 16.5. The van der Waals surface area contributed by atoms with Crippen molar-refractivity contribution in [1.82, 2.24) is 4.57 Å². The van der Waals surface area contributed by atoms with Gasteiger partial charge in [0.05, 0.1) is 18.4 Å². The summed E-state index contributed by atoms with van der Waals surface area (Å²) in [7, 11) is 3.64. The van der Waals surface area contributed by atoms with Gasteiger partial charge in [-0.1, -0.05) is 24.3 Å². The fraction of sp³-hybridized carbons (Fsp3) is 0.118. The fourth-order valence-corrected chi connectivity index (χ4v) is 3.12. The molecule has 0 radical (unpaired) electrons. The van der Waals surface area contributed by atoms with Crippen LogP contribution in [0.15, 0.2) is 42.5 Å². The van der Waals surface area contributed by atoms with Crippen LogP contribution in [0.25, 0.3) is 22.2 Å². The smallest absolute Gasteiger partial charge is 0.196 e. The van der Waals surface area contributed by atoms with Crippen LogP contribution >= 0.6 is 0 Å². The van der Waals surface area contributed by atoms with Gasteiger partial charge in [-0.3, -0.25) is 4.79 Å². The van der Waals surface area contributed by atoms with Crippen LogP contribution in [0.2, 0.25) is 0 Å². The minimum atomic E-state index is 0.106. The van der Waals surface area contributed by atoms with Crippen LogP contribution in [-0.2, 0) is 7.05 Å². The molecule has 0 saturated carbocycles. The Morgan fingerprint density at radius 3 is 2.55 bits per heavy atom. The summed E-state index contributed by atoms with van der Waals surface area (Å²) in [6, 6.07) is 13.7. The van der Waals surface area contributed by atoms with Crippen molar-refractivity contribution in [2.75, 3.05) is 7.11 Å². The van der Waals surface area contributed by atoms with Crippen molar-refractivity contribution in [3.8, 4) is 17.0 Å². The van der Waals surface area contributed by atoms with Crippen molar-refractivity contribution in [2.24, 2.45) is 7.05 Å². The summed E-state index contributed by atoms with van der Waals surface area (Å²) in [5.74, 6) is 0.879. The molecule has 4 rings (SSSR count). The number of carbonyl (C=O) groups is 1. The number of benzene rings is 2. The van der Waals surface area contributed by atoms with Crippen LogP contribution in [0.4, 0.5) is 0 Å². The first-order valence-electron chi connectivity index (χ1n) is 6.53. The largest absolute Gasteiger partial charge is 0.497 e. The number of hydrogen-bond acceptors (Lipinski definition) is 2. The van der Waals surface area contributed by atoms with Gasteiger partial charge in [0.25, 0.3) is 0 Å². The van der Waals surface area contributed by atoms with Crippen molar-refractivity contribution in [2.45, 2.75) is 0 Å². The lowest BCUT2D eigenvalue weighted by Crippen LogP contribution is -1.95. The summed E-state index contributed by atoms with van der Waals surface area (Å²) in [4.78, 5) is 12.7. The zero-order chi connectivity index (χ0) is 13.9. The molecule has 2 aromatic carbocycles. The second-order valence-corrected chi connectivity index (χ2v) is 5.04. The molecule has 0 fully saturated rings. The Bertz CT molecular complexity index is 874. The molecule has 0 bridgehead atoms. The number of rotatable bonds is 1. The van der Waals surface area contributed by atoms with Crippen molar-refractivity contribution in [3.63, 3.8) is 0 Å². The van der Waals surface area contributed by atoms with Crippen molar-refractivity contribution in [3.05, 3.63) is 53.6 Å². The van der Waals surface area contributed by atoms with E-state index in [9.17, 15) is 4.79 Å². The highest BCUT2D eigenvalue weighted by Crippen LogP contribution is 2.42. The number of aryl methyl sites for hydroxylation is 1. The second kappa shape index (κ2) is 3.73. The zero-order valence-electron chi connectivity index (χ0n) is 11.3. The minimum Gasteiger partial charge on any atom is -0.497 e. The van der Waals surface area contributed by atoms with Crippen LogP contribution in [-0.4, -0.2) is 17.5 Å². The molecule has 0 spiro atoms. The molecule has 1 aromatic heterocycles. The number of carbonyl (C=O) groups excluding carboxylic acids is 1. The molecule has 0 saturated heterocycles. The maximum Gasteiger partial charge on any atom is 0.196 e. The van der Waals surface area contributed by atoms with Gasteiger partial charge in [0, 0.05) is 29.1 Å². The number of hydrogen-bond donors (Lipinski definition) is 0. The number of ether oxygens (including phenoxy) is 1. The normalized spacial score (nSPS) is 12.6. The molecule has 0 unspecified atom stereocenters. The first kappa shape index (κ1) is 11.3. The van der Waals surface area contributed by atoms with Crippen molar-refractivity contribution < 1.29 is 9.53 Å². The predicted octanol–water partition coefficient (Wildman–Crippen LogP) is 3.40. The van der Waals surface area contributed by atoms with Gasteiger partial charge in [-0.25, -0.2) is 0 Å². The molecule has 1 aliphatic carbocycles. The Hall–Kier alpha value is -2.55. The first-order chi connectivity index (χ1) is 9.72. The van der Waals surface area contributed by atoms with E-state index >= 15 is 0 Å². The number of methoxy groups -OCH3 is 1. The number of fused-ring (bicyclic) bond motifs is 5. The minimum absolute atomic E-state index is 0.106. The van der Waals surface area contributed by atoms with Crippen LogP contribution < -0.4 is 4.74 Å². The van der Waals surface area contributed by atoms with Gasteiger partial charge in [0.2, 0.25) is 0 Å². The Kier molecular flexibility index (Phi) is 2.11. The number of ketones is 1. The van der Waals surface area contributed by atoms with E-state index in [0.29, 0.717) is 0 Å². The molecule has 0 N–H and O–H groups in total. The molecule has 3 aromatic rings. The summed E-state index contributed by atoms with van der Waals surface area (Å²) >= 11 is 0. The van der Waals surface area contributed by atoms with E-state index < -0.39 is 0 Å². The quantitative estimate of drug-likeness (QED) is 0.527. The van der Waals surface area contributed by atoms with E-state index in [1.165, 1.54) is 0 Å². The third-order valence-electron chi connectivity index (χ3n) is 4.06. The lowest BCUT2D eigenvalue weighted by atomic mass is 10.1. The van der Waals surface area contributed by atoms with E-state index in [4.69, 9.17) is 4.74 Å². The molecule has 1 heterocycles. The van der Waals surface area contributed by atoms with Gasteiger partial charge in [0.15, 0.2) is 5.78 Å². The van der Waals surface area contributed by atoms with Crippen molar-refractivity contribution >= 4 is 16.7 Å². The average Bonchev–Trinajstić information content (AvgIpc) is 2.95. The maximum absolute atomic E-state index is 12.7. The average molecular weight is 263 g/mol. The molecule has 98 valence electrons. The van der Waals surface area contributed by atoms with Crippen LogP contribution in [0.1, 0.15) is 15.9 Å². The predicted molar refractivity (Wildman–Crippen MR) is 78.3 cm³/mol. The topological polar surface area (TPSA) is 31.2 Å². The monoisotopic (exact) mass is 263 g/mol. The zero-order valence-corrected chi connectivity index (χ0v) is 11.3. The van der Waals surface area contributed by atoms with Gasteiger partial charge in [-0.2, -0.15) is 0 Å². The standard InChI is InChI=1S/C17H13NO2/c1-18-14-8-7-10(20-2)9-13(14)15-16(18)11-5-3-4-6-12(11)17(15)19/h3-9H,1-2H3. The van der Waals surface area contributed by atoms with E-state index in [-0.39, 0.29) is 5.78 Å². The maximum atomic E-state index is 12.7. The van der Waals surface area contributed by atoms with E-state index in [1.807, 2.05) is 49.5 Å². The summed E-state index contributed by atoms with van der Waals surface area (Å²) < 4.78 is 7.37. The fourth-order valence-electron chi connectivity index (χ4n) is 3.12. The number of aromatic nitrogens is 1. The van der Waals surface area contributed by atoms with Crippen molar-refractivity contribution in [1.29, 1.82) is 0 Å². The molecular weight excluding hydrogens is 250 g/mol. The summed E-state index contributed by atoms with van der Waals surface area (Å²) in [6.07, 6.45) is 0. The molecular formula is C17H13NO2. The summed E-state index contributed by atoms with van der Waals surface area (Å²) in [6.45, 7) is 0. The van der Waals surface area contributed by atoms with Crippen LogP contribution in [0.3, 0.4) is 0 Å². The molecule has 0 atom stereocenters. The molecule has 0 aliphatic heterocycles. The van der Waals surface area contributed by atoms with E-state index in [0.717, 1.165) is 39.0 Å². The second-order valence-electron chi connectivity index (χ2n) is 5.04.